The molecule has 1 unspecified atom stereocenters. The minimum absolute atomic E-state index is 0.237. The fourth-order valence-corrected chi connectivity index (χ4v) is 2.10. The molecule has 0 saturated heterocycles. The molecule has 0 radical (unpaired) electrons. The topological polar surface area (TPSA) is 60.4 Å². The number of rotatable bonds is 6. The first-order valence-electron chi connectivity index (χ1n) is 5.69. The molecule has 0 spiro atoms. The molecule has 0 fully saturated rings. The minimum Gasteiger partial charge on any atom is -0.497 e. The van der Waals surface area contributed by atoms with Gasteiger partial charge in [-0.25, -0.2) is 8.42 Å². The molecule has 0 heterocycles. The van der Waals surface area contributed by atoms with Crippen molar-refractivity contribution in [2.75, 3.05) is 13.4 Å². The van der Waals surface area contributed by atoms with Crippen molar-refractivity contribution in [3.8, 4) is 5.75 Å². The molecule has 100 valence electrons. The number of hydrogen-bond donors (Lipinski definition) is 0. The summed E-state index contributed by atoms with van der Waals surface area (Å²) in [6.07, 6.45) is 1.87. The van der Waals surface area contributed by atoms with Crippen molar-refractivity contribution in [3.63, 3.8) is 0 Å². The summed E-state index contributed by atoms with van der Waals surface area (Å²) in [5.74, 6) is 0.517. The second kappa shape index (κ2) is 6.00. The van der Waals surface area contributed by atoms with Gasteiger partial charge in [0, 0.05) is 12.7 Å². The maximum absolute atomic E-state index is 11.7. The molecule has 0 aliphatic heterocycles. The average Bonchev–Trinajstić information content (AvgIpc) is 2.34. The summed E-state index contributed by atoms with van der Waals surface area (Å²) in [6, 6.07) is 7.38. The molecule has 0 saturated carbocycles. The van der Waals surface area contributed by atoms with Crippen LogP contribution >= 0.6 is 0 Å². The zero-order valence-electron chi connectivity index (χ0n) is 10.8. The molecule has 0 bridgehead atoms. The Labute approximate surface area is 108 Å². The second-order valence-electron chi connectivity index (χ2n) is 4.29. The van der Waals surface area contributed by atoms with E-state index >= 15 is 0 Å². The van der Waals surface area contributed by atoms with Gasteiger partial charge in [0.2, 0.25) is 0 Å². The van der Waals surface area contributed by atoms with Crippen LogP contribution in [0.5, 0.6) is 5.75 Å². The first-order chi connectivity index (χ1) is 8.34. The highest BCUT2D eigenvalue weighted by atomic mass is 32.2. The van der Waals surface area contributed by atoms with Crippen LogP contribution in [0.4, 0.5) is 0 Å². The van der Waals surface area contributed by atoms with E-state index in [-0.39, 0.29) is 12.2 Å². The number of ketones is 1. The van der Waals surface area contributed by atoms with Crippen LogP contribution in [0.2, 0.25) is 0 Å². The smallest absolute Gasteiger partial charge is 0.157 e. The van der Waals surface area contributed by atoms with Gasteiger partial charge in [0.25, 0.3) is 0 Å². The van der Waals surface area contributed by atoms with E-state index in [1.165, 1.54) is 6.92 Å². The number of aryl methyl sites for hydroxylation is 1. The number of hydrogen-bond acceptors (Lipinski definition) is 4. The van der Waals surface area contributed by atoms with Gasteiger partial charge in [0.05, 0.1) is 7.11 Å². The molecule has 0 amide bonds. The highest BCUT2D eigenvalue weighted by Crippen LogP contribution is 2.13. The first-order valence-corrected chi connectivity index (χ1v) is 7.64. The van der Waals surface area contributed by atoms with Crippen molar-refractivity contribution < 1.29 is 17.9 Å². The van der Waals surface area contributed by atoms with Crippen LogP contribution < -0.4 is 4.74 Å². The summed E-state index contributed by atoms with van der Waals surface area (Å²) < 4.78 is 27.5. The molecule has 4 nitrogen and oxygen atoms in total. The van der Waals surface area contributed by atoms with Crippen LogP contribution in [0, 0.1) is 0 Å². The predicted octanol–water partition coefficient (Wildman–Crippen LogP) is 1.63. The zero-order chi connectivity index (χ0) is 13.8. The lowest BCUT2D eigenvalue weighted by molar-refractivity contribution is -0.118. The summed E-state index contributed by atoms with van der Waals surface area (Å²) >= 11 is 0. The lowest BCUT2D eigenvalue weighted by Gasteiger charge is -2.08. The van der Waals surface area contributed by atoms with E-state index in [0.717, 1.165) is 17.6 Å². The molecule has 1 aromatic rings. The molecule has 0 aliphatic rings. The number of Topliss-reactive ketones (excluding diaryl/α,β-unsaturated/α-hetero) is 1. The highest BCUT2D eigenvalue weighted by Gasteiger charge is 2.22. The SMILES string of the molecule is COc1ccc(CCC(=O)C(C)S(C)(=O)=O)cc1. The third kappa shape index (κ3) is 4.14. The molecule has 1 atom stereocenters. The first kappa shape index (κ1) is 14.7. The Hall–Kier alpha value is -1.36. The van der Waals surface area contributed by atoms with Crippen molar-refractivity contribution in [2.24, 2.45) is 0 Å². The van der Waals surface area contributed by atoms with E-state index in [1.807, 2.05) is 24.3 Å². The van der Waals surface area contributed by atoms with Crippen molar-refractivity contribution >= 4 is 15.6 Å². The molecule has 5 heteroatoms. The van der Waals surface area contributed by atoms with Gasteiger partial charge in [-0.05, 0) is 31.0 Å². The van der Waals surface area contributed by atoms with Crippen LogP contribution in [0.15, 0.2) is 24.3 Å². The van der Waals surface area contributed by atoms with Gasteiger partial charge in [-0.15, -0.1) is 0 Å². The number of ether oxygens (including phenoxy) is 1. The molecule has 18 heavy (non-hydrogen) atoms. The van der Waals surface area contributed by atoms with Crippen LogP contribution in [0.3, 0.4) is 0 Å². The Morgan fingerprint density at radius 1 is 1.28 bits per heavy atom. The van der Waals surface area contributed by atoms with E-state index in [0.29, 0.717) is 6.42 Å². The van der Waals surface area contributed by atoms with Gasteiger partial charge in [-0.3, -0.25) is 4.79 Å². The third-order valence-electron chi connectivity index (χ3n) is 2.91. The quantitative estimate of drug-likeness (QED) is 0.788. The normalized spacial score (nSPS) is 13.1. The van der Waals surface area contributed by atoms with Crippen molar-refractivity contribution in [2.45, 2.75) is 25.0 Å². The predicted molar refractivity (Wildman–Crippen MR) is 70.6 cm³/mol. The van der Waals surface area contributed by atoms with Gasteiger partial charge in [0.15, 0.2) is 15.6 Å². The van der Waals surface area contributed by atoms with Crippen LogP contribution in [-0.4, -0.2) is 32.8 Å². The fourth-order valence-electron chi connectivity index (χ4n) is 1.50. The van der Waals surface area contributed by atoms with E-state index in [4.69, 9.17) is 4.74 Å². The molecule has 1 aromatic carbocycles. The molecule has 0 aliphatic carbocycles. The van der Waals surface area contributed by atoms with Crippen molar-refractivity contribution in [3.05, 3.63) is 29.8 Å². The Bertz CT molecular complexity index is 502. The van der Waals surface area contributed by atoms with E-state index in [9.17, 15) is 13.2 Å². The maximum atomic E-state index is 11.7. The summed E-state index contributed by atoms with van der Waals surface area (Å²) in [7, 11) is -1.70. The number of benzene rings is 1. The van der Waals surface area contributed by atoms with Gasteiger partial charge in [0.1, 0.15) is 11.0 Å². The summed E-state index contributed by atoms with van der Waals surface area (Å²) in [5.41, 5.74) is 0.991. The fraction of sp³-hybridized carbons (Fsp3) is 0.462. The largest absolute Gasteiger partial charge is 0.497 e. The third-order valence-corrected chi connectivity index (χ3v) is 4.46. The van der Waals surface area contributed by atoms with Crippen LogP contribution in [0.1, 0.15) is 18.9 Å². The van der Waals surface area contributed by atoms with E-state index < -0.39 is 15.1 Å². The lowest BCUT2D eigenvalue weighted by Crippen LogP contribution is -2.26. The van der Waals surface area contributed by atoms with Gasteiger partial charge >= 0.3 is 0 Å². The second-order valence-corrected chi connectivity index (χ2v) is 6.65. The molecule has 0 aromatic heterocycles. The Balaban J connectivity index is 2.57. The molecular formula is C13H18O4S. The number of carbonyl (C=O) groups excluding carboxylic acids is 1. The average molecular weight is 270 g/mol. The molecular weight excluding hydrogens is 252 g/mol. The van der Waals surface area contributed by atoms with Crippen molar-refractivity contribution in [1.29, 1.82) is 0 Å². The number of methoxy groups -OCH3 is 1. The summed E-state index contributed by atoms with van der Waals surface area (Å²) in [6.45, 7) is 1.44. The highest BCUT2D eigenvalue weighted by molar-refractivity contribution is 7.92. The molecule has 1 rings (SSSR count). The number of sulfone groups is 1. The van der Waals surface area contributed by atoms with E-state index in [2.05, 4.69) is 0 Å². The summed E-state index contributed by atoms with van der Waals surface area (Å²) in [4.78, 5) is 11.7. The van der Waals surface area contributed by atoms with Crippen LogP contribution in [-0.2, 0) is 21.1 Å². The summed E-state index contributed by atoms with van der Waals surface area (Å²) in [5, 5.41) is -0.921. The number of carbonyl (C=O) groups is 1. The monoisotopic (exact) mass is 270 g/mol. The van der Waals surface area contributed by atoms with Gasteiger partial charge in [-0.1, -0.05) is 12.1 Å². The standard InChI is InChI=1S/C13H18O4S/c1-10(18(3,15)16)13(14)9-6-11-4-7-12(17-2)8-5-11/h4-5,7-8,10H,6,9H2,1-3H3. The Morgan fingerprint density at radius 2 is 1.83 bits per heavy atom. The van der Waals surface area contributed by atoms with E-state index in [1.54, 1.807) is 7.11 Å². The maximum Gasteiger partial charge on any atom is 0.157 e. The zero-order valence-corrected chi connectivity index (χ0v) is 11.7. The lowest BCUT2D eigenvalue weighted by atomic mass is 10.1. The van der Waals surface area contributed by atoms with Gasteiger partial charge in [-0.2, -0.15) is 0 Å². The van der Waals surface area contributed by atoms with Gasteiger partial charge < -0.3 is 4.74 Å². The Morgan fingerprint density at radius 3 is 2.28 bits per heavy atom. The van der Waals surface area contributed by atoms with Crippen molar-refractivity contribution in [1.82, 2.24) is 0 Å². The Kier molecular flexibility index (Phi) is 4.90. The minimum atomic E-state index is -3.29. The van der Waals surface area contributed by atoms with Crippen LogP contribution in [0.25, 0.3) is 0 Å². The molecule has 0 N–H and O–H groups in total.